The summed E-state index contributed by atoms with van der Waals surface area (Å²) in [4.78, 5) is 20.3. The normalized spacial score (nSPS) is 25.3. The minimum atomic E-state index is -0.185. The Morgan fingerprint density at radius 2 is 2.22 bits per heavy atom. The molecule has 2 aliphatic rings. The van der Waals surface area contributed by atoms with Crippen LogP contribution in [0, 0.1) is 0 Å². The third-order valence-corrected chi connectivity index (χ3v) is 5.04. The molecule has 4 nitrogen and oxygen atoms in total. The Hall–Kier alpha value is -0.940. The van der Waals surface area contributed by atoms with E-state index >= 15 is 0 Å². The van der Waals surface area contributed by atoms with Crippen molar-refractivity contribution in [2.75, 3.05) is 13.6 Å². The lowest BCUT2D eigenvalue weighted by Gasteiger charge is -2.30. The molecule has 2 heterocycles. The monoisotopic (exact) mass is 265 g/mol. The fourth-order valence-corrected chi connectivity index (χ4v) is 4.09. The Bertz CT molecular complexity index is 439. The second-order valence-electron chi connectivity index (χ2n) is 5.10. The van der Waals surface area contributed by atoms with Gasteiger partial charge in [0.25, 0.3) is 0 Å². The molecule has 0 saturated heterocycles. The fraction of sp³-hybridized carbons (Fsp3) is 0.692. The maximum absolute atomic E-state index is 12.7. The molecule has 5 heteroatoms. The summed E-state index contributed by atoms with van der Waals surface area (Å²) in [6.45, 7) is 0.832. The number of hydrogen-bond donors (Lipinski definition) is 1. The van der Waals surface area contributed by atoms with Crippen molar-refractivity contribution < 1.29 is 4.79 Å². The number of fused-ring (bicyclic) bond motifs is 1. The van der Waals surface area contributed by atoms with Crippen molar-refractivity contribution >= 4 is 17.2 Å². The number of carbonyl (C=O) groups excluding carboxylic acids is 1. The number of rotatable bonds is 2. The zero-order chi connectivity index (χ0) is 12.5. The number of hydrogen-bond acceptors (Lipinski definition) is 4. The van der Waals surface area contributed by atoms with Gasteiger partial charge in [-0.2, -0.15) is 0 Å². The van der Waals surface area contributed by atoms with Gasteiger partial charge in [0.1, 0.15) is 6.04 Å². The van der Waals surface area contributed by atoms with Crippen molar-refractivity contribution in [1.29, 1.82) is 0 Å². The molecule has 1 aromatic heterocycles. The number of likely N-dealkylation sites (N-methyl/N-ethyl adjacent to an activating group) is 1. The Labute approximate surface area is 111 Å². The van der Waals surface area contributed by atoms with Gasteiger partial charge in [0.05, 0.1) is 16.1 Å². The Morgan fingerprint density at radius 3 is 2.94 bits per heavy atom. The largest absolute Gasteiger partial charge is 0.338 e. The van der Waals surface area contributed by atoms with Crippen LogP contribution in [0.2, 0.25) is 0 Å². The highest BCUT2D eigenvalue weighted by Gasteiger charge is 2.35. The predicted molar refractivity (Wildman–Crippen MR) is 71.6 cm³/mol. The van der Waals surface area contributed by atoms with Crippen LogP contribution >= 0.6 is 11.3 Å². The maximum atomic E-state index is 12.7. The molecule has 1 atom stereocenters. The van der Waals surface area contributed by atoms with Gasteiger partial charge < -0.3 is 10.2 Å². The predicted octanol–water partition coefficient (Wildman–Crippen LogP) is 1.73. The third kappa shape index (κ3) is 1.95. The van der Waals surface area contributed by atoms with Crippen molar-refractivity contribution in [3.05, 3.63) is 16.1 Å². The van der Waals surface area contributed by atoms with Crippen molar-refractivity contribution in [3.8, 4) is 0 Å². The van der Waals surface area contributed by atoms with Gasteiger partial charge in [-0.05, 0) is 19.9 Å². The van der Waals surface area contributed by atoms with Crippen molar-refractivity contribution in [3.63, 3.8) is 0 Å². The molecule has 1 aliphatic heterocycles. The smallest absolute Gasteiger partial charge is 0.245 e. The van der Waals surface area contributed by atoms with E-state index in [1.807, 2.05) is 12.6 Å². The van der Waals surface area contributed by atoms with E-state index in [4.69, 9.17) is 0 Å². The summed E-state index contributed by atoms with van der Waals surface area (Å²) < 4.78 is 0. The van der Waals surface area contributed by atoms with Gasteiger partial charge in [-0.15, -0.1) is 11.3 Å². The highest BCUT2D eigenvalue weighted by atomic mass is 32.1. The summed E-state index contributed by atoms with van der Waals surface area (Å²) >= 11 is 1.60. The molecule has 0 radical (unpaired) electrons. The van der Waals surface area contributed by atoms with Crippen molar-refractivity contribution in [2.24, 2.45) is 0 Å². The Kier molecular flexibility index (Phi) is 3.35. The number of nitrogens with zero attached hydrogens (tertiary/aromatic N) is 2. The first-order valence-corrected chi connectivity index (χ1v) is 7.59. The van der Waals surface area contributed by atoms with Gasteiger partial charge in [0, 0.05) is 19.0 Å². The van der Waals surface area contributed by atoms with Crippen LogP contribution in [0.4, 0.5) is 0 Å². The van der Waals surface area contributed by atoms with Gasteiger partial charge in [0.2, 0.25) is 5.91 Å². The van der Waals surface area contributed by atoms with Crippen LogP contribution in [-0.2, 0) is 11.2 Å². The van der Waals surface area contributed by atoms with E-state index in [9.17, 15) is 4.79 Å². The van der Waals surface area contributed by atoms with E-state index in [2.05, 4.69) is 15.2 Å². The van der Waals surface area contributed by atoms with E-state index < -0.39 is 0 Å². The number of carbonyl (C=O) groups is 1. The van der Waals surface area contributed by atoms with Gasteiger partial charge >= 0.3 is 0 Å². The number of amides is 1. The second-order valence-corrected chi connectivity index (χ2v) is 5.99. The average molecular weight is 265 g/mol. The van der Waals surface area contributed by atoms with Gasteiger partial charge in [0.15, 0.2) is 0 Å². The Morgan fingerprint density at radius 1 is 1.44 bits per heavy atom. The van der Waals surface area contributed by atoms with E-state index in [0.717, 1.165) is 23.5 Å². The first-order chi connectivity index (χ1) is 8.81. The molecular weight excluding hydrogens is 246 g/mol. The van der Waals surface area contributed by atoms with Crippen LogP contribution in [-0.4, -0.2) is 35.4 Å². The number of thiazole rings is 1. The quantitative estimate of drug-likeness (QED) is 0.886. The molecular formula is C13H19N3OS. The minimum Gasteiger partial charge on any atom is -0.338 e. The standard InChI is InChI=1S/C13H19N3OS/c1-14-11-12-10(15-8-18-12)6-7-16(13(11)17)9-4-2-3-5-9/h8-9,11,14H,2-7H2,1H3. The summed E-state index contributed by atoms with van der Waals surface area (Å²) in [5.41, 5.74) is 2.96. The summed E-state index contributed by atoms with van der Waals surface area (Å²) in [6, 6.07) is 0.276. The lowest BCUT2D eigenvalue weighted by Crippen LogP contribution is -2.44. The van der Waals surface area contributed by atoms with Crippen LogP contribution < -0.4 is 5.32 Å². The maximum Gasteiger partial charge on any atom is 0.245 e. The summed E-state index contributed by atoms with van der Waals surface area (Å²) in [6.07, 6.45) is 5.77. The minimum absolute atomic E-state index is 0.185. The first kappa shape index (κ1) is 12.1. The average Bonchev–Trinajstić information content (AvgIpc) is 3.01. The zero-order valence-electron chi connectivity index (χ0n) is 10.7. The highest BCUT2D eigenvalue weighted by Crippen LogP contribution is 2.32. The van der Waals surface area contributed by atoms with E-state index in [-0.39, 0.29) is 11.9 Å². The number of aromatic nitrogens is 1. The van der Waals surface area contributed by atoms with E-state index in [0.29, 0.717) is 6.04 Å². The fourth-order valence-electron chi connectivity index (χ4n) is 3.15. The molecule has 1 fully saturated rings. The molecule has 1 aliphatic carbocycles. The summed E-state index contributed by atoms with van der Waals surface area (Å²) in [5.74, 6) is 0.243. The molecule has 98 valence electrons. The molecule has 0 spiro atoms. The van der Waals surface area contributed by atoms with Crippen LogP contribution in [0.1, 0.15) is 42.3 Å². The molecule has 1 N–H and O–H groups in total. The lowest BCUT2D eigenvalue weighted by atomic mass is 10.1. The topological polar surface area (TPSA) is 45.2 Å². The van der Waals surface area contributed by atoms with Crippen LogP contribution in [0.15, 0.2) is 5.51 Å². The van der Waals surface area contributed by atoms with Crippen molar-refractivity contribution in [1.82, 2.24) is 15.2 Å². The van der Waals surface area contributed by atoms with Gasteiger partial charge in [-0.3, -0.25) is 4.79 Å². The van der Waals surface area contributed by atoms with Crippen LogP contribution in [0.3, 0.4) is 0 Å². The number of nitrogens with one attached hydrogen (secondary N) is 1. The zero-order valence-corrected chi connectivity index (χ0v) is 11.5. The second kappa shape index (κ2) is 4.97. The van der Waals surface area contributed by atoms with Gasteiger partial charge in [-0.1, -0.05) is 12.8 Å². The summed E-state index contributed by atoms with van der Waals surface area (Å²) in [5, 5.41) is 3.17. The lowest BCUT2D eigenvalue weighted by molar-refractivity contribution is -0.135. The summed E-state index contributed by atoms with van der Waals surface area (Å²) in [7, 11) is 1.87. The van der Waals surface area contributed by atoms with Crippen LogP contribution in [0.25, 0.3) is 0 Å². The van der Waals surface area contributed by atoms with Crippen molar-refractivity contribution in [2.45, 2.75) is 44.2 Å². The molecule has 3 rings (SSSR count). The molecule has 0 aromatic carbocycles. The third-order valence-electron chi connectivity index (χ3n) is 4.11. The molecule has 18 heavy (non-hydrogen) atoms. The Balaban J connectivity index is 1.88. The molecule has 1 amide bonds. The highest BCUT2D eigenvalue weighted by molar-refractivity contribution is 7.10. The SMILES string of the molecule is CNC1C(=O)N(C2CCCC2)CCc2ncsc21. The van der Waals surface area contributed by atoms with Crippen LogP contribution in [0.5, 0.6) is 0 Å². The first-order valence-electron chi connectivity index (χ1n) is 6.71. The van der Waals surface area contributed by atoms with E-state index in [1.54, 1.807) is 11.3 Å². The molecule has 1 unspecified atom stereocenters. The van der Waals surface area contributed by atoms with Gasteiger partial charge in [-0.25, -0.2) is 4.98 Å². The molecule has 1 saturated carbocycles. The molecule has 0 bridgehead atoms. The van der Waals surface area contributed by atoms with E-state index in [1.165, 1.54) is 25.7 Å². The molecule has 1 aromatic rings.